The largest absolute Gasteiger partial charge is 0.476 e. The van der Waals surface area contributed by atoms with Crippen molar-refractivity contribution in [2.45, 2.75) is 6.42 Å². The fourth-order valence-corrected chi connectivity index (χ4v) is 2.02. The maximum atomic E-state index is 11.2. The zero-order valence-corrected chi connectivity index (χ0v) is 10.6. The fraction of sp³-hybridized carbons (Fsp3) is 0.250. The fourth-order valence-electron chi connectivity index (χ4n) is 1.33. The maximum Gasteiger partial charge on any atom is 0.358 e. The molecular formula is C12H12N2O3S. The van der Waals surface area contributed by atoms with Gasteiger partial charge < -0.3 is 9.47 Å². The smallest absolute Gasteiger partial charge is 0.358 e. The number of hydrogen-bond acceptors (Lipinski definition) is 6. The molecule has 0 bridgehead atoms. The van der Waals surface area contributed by atoms with Crippen LogP contribution in [0.3, 0.4) is 0 Å². The summed E-state index contributed by atoms with van der Waals surface area (Å²) in [6, 6.07) is 4.04. The summed E-state index contributed by atoms with van der Waals surface area (Å²) in [5.41, 5.74) is 0.145. The molecule has 0 unspecified atom stereocenters. The minimum atomic E-state index is -0.522. The summed E-state index contributed by atoms with van der Waals surface area (Å²) in [5.74, 6) is -0.194. The topological polar surface area (TPSA) is 61.3 Å². The molecule has 2 rings (SSSR count). The van der Waals surface area contributed by atoms with Crippen molar-refractivity contribution in [3.8, 4) is 5.88 Å². The monoisotopic (exact) mass is 264 g/mol. The number of nitrogens with zero attached hydrogens (tertiary/aromatic N) is 2. The Hall–Kier alpha value is -1.95. The van der Waals surface area contributed by atoms with Gasteiger partial charge in [0.15, 0.2) is 5.69 Å². The van der Waals surface area contributed by atoms with Crippen LogP contribution in [0.2, 0.25) is 0 Å². The molecule has 0 aromatic carbocycles. The van der Waals surface area contributed by atoms with Gasteiger partial charge in [-0.1, -0.05) is 6.07 Å². The molecule has 0 aliphatic rings. The van der Waals surface area contributed by atoms with Crippen molar-refractivity contribution in [2.24, 2.45) is 0 Å². The van der Waals surface area contributed by atoms with Crippen LogP contribution in [0.25, 0.3) is 0 Å². The van der Waals surface area contributed by atoms with E-state index in [-0.39, 0.29) is 5.69 Å². The molecule has 0 aliphatic heterocycles. The summed E-state index contributed by atoms with van der Waals surface area (Å²) < 4.78 is 10.00. The van der Waals surface area contributed by atoms with E-state index in [2.05, 4.69) is 14.7 Å². The van der Waals surface area contributed by atoms with Crippen molar-refractivity contribution in [3.63, 3.8) is 0 Å². The first-order valence-corrected chi connectivity index (χ1v) is 6.23. The molecule has 2 heterocycles. The number of thiophene rings is 1. The second-order valence-corrected chi connectivity index (χ2v) is 4.44. The van der Waals surface area contributed by atoms with Gasteiger partial charge >= 0.3 is 5.97 Å². The van der Waals surface area contributed by atoms with Gasteiger partial charge in [0, 0.05) is 11.3 Å². The lowest BCUT2D eigenvalue weighted by molar-refractivity contribution is 0.0592. The van der Waals surface area contributed by atoms with Crippen molar-refractivity contribution in [1.29, 1.82) is 0 Å². The molecule has 0 atom stereocenters. The number of carbonyl (C=O) groups is 1. The van der Waals surface area contributed by atoms with Gasteiger partial charge in [-0.25, -0.2) is 9.78 Å². The third kappa shape index (κ3) is 3.27. The lowest BCUT2D eigenvalue weighted by atomic mass is 10.4. The van der Waals surface area contributed by atoms with E-state index in [1.807, 2.05) is 17.5 Å². The molecule has 0 saturated heterocycles. The van der Waals surface area contributed by atoms with E-state index in [0.717, 1.165) is 6.42 Å². The summed E-state index contributed by atoms with van der Waals surface area (Å²) in [7, 11) is 1.30. The van der Waals surface area contributed by atoms with Gasteiger partial charge in [0.2, 0.25) is 5.88 Å². The van der Waals surface area contributed by atoms with Gasteiger partial charge in [-0.05, 0) is 11.4 Å². The highest BCUT2D eigenvalue weighted by molar-refractivity contribution is 7.09. The van der Waals surface area contributed by atoms with Crippen LogP contribution in [0.1, 0.15) is 15.4 Å². The standard InChI is InChI=1S/C12H12N2O3S/c1-16-12(15)10-7-13-8-11(14-10)17-5-4-9-3-2-6-18-9/h2-3,6-8H,4-5H2,1H3. The van der Waals surface area contributed by atoms with Crippen molar-refractivity contribution < 1.29 is 14.3 Å². The molecule has 0 fully saturated rings. The number of ether oxygens (including phenoxy) is 2. The molecule has 18 heavy (non-hydrogen) atoms. The van der Waals surface area contributed by atoms with E-state index in [4.69, 9.17) is 4.74 Å². The first-order valence-electron chi connectivity index (χ1n) is 5.35. The Kier molecular flexibility index (Phi) is 4.25. The quantitative estimate of drug-likeness (QED) is 0.772. The van der Waals surface area contributed by atoms with Crippen LogP contribution in [-0.4, -0.2) is 29.7 Å². The molecule has 0 aliphatic carbocycles. The first-order chi connectivity index (χ1) is 8.79. The first kappa shape index (κ1) is 12.5. The van der Waals surface area contributed by atoms with Gasteiger partial charge in [-0.2, -0.15) is 0 Å². The van der Waals surface area contributed by atoms with E-state index in [1.165, 1.54) is 24.4 Å². The second kappa shape index (κ2) is 6.11. The van der Waals surface area contributed by atoms with Gasteiger partial charge in [-0.15, -0.1) is 11.3 Å². The van der Waals surface area contributed by atoms with Crippen molar-refractivity contribution in [1.82, 2.24) is 9.97 Å². The molecule has 0 radical (unpaired) electrons. The van der Waals surface area contributed by atoms with Crippen molar-refractivity contribution in [3.05, 3.63) is 40.5 Å². The van der Waals surface area contributed by atoms with E-state index in [0.29, 0.717) is 12.5 Å². The third-order valence-electron chi connectivity index (χ3n) is 2.19. The van der Waals surface area contributed by atoms with Crippen LogP contribution in [-0.2, 0) is 11.2 Å². The number of rotatable bonds is 5. The molecule has 0 amide bonds. The predicted octanol–water partition coefficient (Wildman–Crippen LogP) is 1.95. The lowest BCUT2D eigenvalue weighted by Gasteiger charge is -2.04. The van der Waals surface area contributed by atoms with Crippen LogP contribution in [0, 0.1) is 0 Å². The van der Waals surface area contributed by atoms with Crippen molar-refractivity contribution >= 4 is 17.3 Å². The van der Waals surface area contributed by atoms with Gasteiger partial charge in [-0.3, -0.25) is 4.98 Å². The van der Waals surface area contributed by atoms with Crippen molar-refractivity contribution in [2.75, 3.05) is 13.7 Å². The highest BCUT2D eigenvalue weighted by Gasteiger charge is 2.08. The Balaban J connectivity index is 1.91. The number of hydrogen-bond donors (Lipinski definition) is 0. The lowest BCUT2D eigenvalue weighted by Crippen LogP contribution is -2.08. The molecule has 6 heteroatoms. The number of methoxy groups -OCH3 is 1. The van der Waals surface area contributed by atoms with E-state index >= 15 is 0 Å². The SMILES string of the molecule is COC(=O)c1cncc(OCCc2cccs2)n1. The van der Waals surface area contributed by atoms with E-state index in [9.17, 15) is 4.79 Å². The maximum absolute atomic E-state index is 11.2. The summed E-state index contributed by atoms with van der Waals surface area (Å²) in [6.45, 7) is 0.500. The van der Waals surface area contributed by atoms with E-state index in [1.54, 1.807) is 11.3 Å². The van der Waals surface area contributed by atoms with Crippen LogP contribution >= 0.6 is 11.3 Å². The third-order valence-corrected chi connectivity index (χ3v) is 3.12. The average molecular weight is 264 g/mol. The van der Waals surface area contributed by atoms with Crippen LogP contribution in [0.4, 0.5) is 0 Å². The van der Waals surface area contributed by atoms with Crippen LogP contribution < -0.4 is 4.74 Å². The molecule has 2 aromatic heterocycles. The minimum Gasteiger partial charge on any atom is -0.476 e. The Morgan fingerprint density at radius 1 is 1.44 bits per heavy atom. The van der Waals surface area contributed by atoms with E-state index < -0.39 is 5.97 Å². The van der Waals surface area contributed by atoms with Crippen LogP contribution in [0.5, 0.6) is 5.88 Å². The zero-order valence-electron chi connectivity index (χ0n) is 9.83. The predicted molar refractivity (Wildman–Crippen MR) is 66.9 cm³/mol. The van der Waals surface area contributed by atoms with Crippen LogP contribution in [0.15, 0.2) is 29.9 Å². The molecule has 0 saturated carbocycles. The summed E-state index contributed by atoms with van der Waals surface area (Å²) in [4.78, 5) is 20.4. The minimum absolute atomic E-state index is 0.145. The summed E-state index contributed by atoms with van der Waals surface area (Å²) in [5, 5.41) is 2.02. The highest BCUT2D eigenvalue weighted by Crippen LogP contribution is 2.11. The van der Waals surface area contributed by atoms with Gasteiger partial charge in [0.25, 0.3) is 0 Å². The molecule has 0 spiro atoms. The Morgan fingerprint density at radius 2 is 2.33 bits per heavy atom. The molecule has 94 valence electrons. The molecular weight excluding hydrogens is 252 g/mol. The normalized spacial score (nSPS) is 10.1. The Labute approximate surface area is 108 Å². The average Bonchev–Trinajstić information content (AvgIpc) is 2.91. The molecule has 0 N–H and O–H groups in total. The molecule has 5 nitrogen and oxygen atoms in total. The molecule has 2 aromatic rings. The summed E-state index contributed by atoms with van der Waals surface area (Å²) >= 11 is 1.68. The second-order valence-electron chi connectivity index (χ2n) is 3.41. The number of carbonyl (C=O) groups excluding carboxylic acids is 1. The number of esters is 1. The highest BCUT2D eigenvalue weighted by atomic mass is 32.1. The number of aromatic nitrogens is 2. The Morgan fingerprint density at radius 3 is 3.06 bits per heavy atom. The van der Waals surface area contributed by atoms with Gasteiger partial charge in [0.1, 0.15) is 0 Å². The summed E-state index contributed by atoms with van der Waals surface area (Å²) in [6.07, 6.45) is 3.63. The van der Waals surface area contributed by atoms with Gasteiger partial charge in [0.05, 0.1) is 26.1 Å². The Bertz CT molecular complexity index is 514. The zero-order chi connectivity index (χ0) is 12.8.